The quantitative estimate of drug-likeness (QED) is 0.133. The first-order chi connectivity index (χ1) is 17.4. The smallest absolute Gasteiger partial charge is 0.281 e. The van der Waals surface area contributed by atoms with Gasteiger partial charge in [-0.3, -0.25) is 4.79 Å². The maximum absolute atomic E-state index is 13.2. The molecule has 0 aliphatic heterocycles. The summed E-state index contributed by atoms with van der Waals surface area (Å²) >= 11 is 5.79. The molecule has 36 heavy (non-hydrogen) atoms. The van der Waals surface area contributed by atoms with Gasteiger partial charge in [-0.05, 0) is 79.8 Å². The van der Waals surface area contributed by atoms with E-state index in [1.54, 1.807) is 48.5 Å². The van der Waals surface area contributed by atoms with Crippen LogP contribution in [0.3, 0.4) is 0 Å². The van der Waals surface area contributed by atoms with Crippen molar-refractivity contribution in [2.75, 3.05) is 0 Å². The van der Waals surface area contributed by atoms with Gasteiger partial charge >= 0.3 is 0 Å². The van der Waals surface area contributed by atoms with E-state index < -0.39 is 11.5 Å². The van der Waals surface area contributed by atoms with Gasteiger partial charge in [0.25, 0.3) is 5.91 Å². The van der Waals surface area contributed by atoms with Crippen LogP contribution in [0.4, 0.5) is 0 Å². The number of amides is 1. The van der Waals surface area contributed by atoms with Crippen molar-refractivity contribution in [3.63, 3.8) is 0 Å². The summed E-state index contributed by atoms with van der Waals surface area (Å²) in [6.07, 6.45) is 1.53. The number of rotatable bonds is 8. The van der Waals surface area contributed by atoms with Gasteiger partial charge in [-0.15, -0.1) is 0 Å². The van der Waals surface area contributed by atoms with Gasteiger partial charge in [0.2, 0.25) is 0 Å². The zero-order valence-corrected chi connectivity index (χ0v) is 23.2. The van der Waals surface area contributed by atoms with E-state index in [-0.39, 0.29) is 0 Å². The Morgan fingerprint density at radius 1 is 1.00 bits per heavy atom. The molecule has 0 aliphatic rings. The normalized spacial score (nSPS) is 11.4. The van der Waals surface area contributed by atoms with Gasteiger partial charge in [-0.25, -0.2) is 5.43 Å². The molecule has 0 atom stereocenters. The predicted octanol–water partition coefficient (Wildman–Crippen LogP) is 6.33. The van der Waals surface area contributed by atoms with E-state index in [9.17, 15) is 9.90 Å². The Balaban J connectivity index is 1.49. The minimum absolute atomic E-state index is 0.454. The molecule has 0 fully saturated rings. The Morgan fingerprint density at radius 2 is 1.58 bits per heavy atom. The fourth-order valence-electron chi connectivity index (χ4n) is 3.67. The van der Waals surface area contributed by atoms with Gasteiger partial charge < -0.3 is 9.84 Å². The van der Waals surface area contributed by atoms with Gasteiger partial charge in [0, 0.05) is 0 Å². The standard InChI is InChI=1S/C29H24BrIN2O3/c1-20-12-14-21(15-13-20)19-36-27-25(30)16-22(17-26(27)31)18-32-33-28(34)29(35,23-8-4-2-5-9-23)24-10-6-3-7-11-24/h2-18,35H,19H2,1H3,(H,33,34)/b32-18+. The lowest BCUT2D eigenvalue weighted by molar-refractivity contribution is -0.136. The molecule has 0 aliphatic carbocycles. The Kier molecular flexibility index (Phi) is 8.56. The average molecular weight is 655 g/mol. The van der Waals surface area contributed by atoms with Crippen LogP contribution >= 0.6 is 38.5 Å². The van der Waals surface area contributed by atoms with Gasteiger partial charge in [-0.2, -0.15) is 5.10 Å². The van der Waals surface area contributed by atoms with Crippen LogP contribution in [0.15, 0.2) is 107 Å². The summed E-state index contributed by atoms with van der Waals surface area (Å²) in [7, 11) is 0. The van der Waals surface area contributed by atoms with E-state index in [0.717, 1.165) is 24.9 Å². The third kappa shape index (κ3) is 6.03. The van der Waals surface area contributed by atoms with Crippen molar-refractivity contribution in [1.29, 1.82) is 0 Å². The third-order valence-corrected chi connectivity index (χ3v) is 7.01. The zero-order valence-electron chi connectivity index (χ0n) is 19.5. The second kappa shape index (κ2) is 11.8. The van der Waals surface area contributed by atoms with Crippen LogP contribution in [0.5, 0.6) is 5.75 Å². The third-order valence-electron chi connectivity index (χ3n) is 5.62. The van der Waals surface area contributed by atoms with Crippen LogP contribution in [0.25, 0.3) is 0 Å². The highest BCUT2D eigenvalue weighted by Gasteiger charge is 2.39. The monoisotopic (exact) mass is 654 g/mol. The Bertz CT molecular complexity index is 1300. The van der Waals surface area contributed by atoms with E-state index in [2.05, 4.69) is 68.1 Å². The molecule has 5 nitrogen and oxygen atoms in total. The highest BCUT2D eigenvalue weighted by Crippen LogP contribution is 2.33. The number of aryl methyl sites for hydroxylation is 1. The molecule has 0 radical (unpaired) electrons. The number of hydrogen-bond acceptors (Lipinski definition) is 4. The average Bonchev–Trinajstić information content (AvgIpc) is 2.89. The van der Waals surface area contributed by atoms with Gasteiger partial charge in [-0.1, -0.05) is 90.5 Å². The second-order valence-electron chi connectivity index (χ2n) is 8.23. The molecule has 7 heteroatoms. The van der Waals surface area contributed by atoms with E-state index in [4.69, 9.17) is 4.74 Å². The first-order valence-electron chi connectivity index (χ1n) is 11.2. The minimum Gasteiger partial charge on any atom is -0.487 e. The molecule has 0 aromatic heterocycles. The number of carbonyl (C=O) groups excluding carboxylic acids is 1. The van der Waals surface area contributed by atoms with Crippen molar-refractivity contribution in [3.8, 4) is 5.75 Å². The Hall–Kier alpha value is -3.01. The van der Waals surface area contributed by atoms with Crippen molar-refractivity contribution in [3.05, 3.63) is 133 Å². The lowest BCUT2D eigenvalue weighted by Gasteiger charge is -2.27. The first kappa shape index (κ1) is 26.1. The Labute approximate surface area is 232 Å². The number of ether oxygens (including phenoxy) is 1. The van der Waals surface area contributed by atoms with Crippen LogP contribution in [0.2, 0.25) is 0 Å². The molecule has 182 valence electrons. The highest BCUT2D eigenvalue weighted by atomic mass is 127. The molecule has 4 aromatic carbocycles. The summed E-state index contributed by atoms with van der Waals surface area (Å²) in [6.45, 7) is 2.51. The van der Waals surface area contributed by atoms with Crippen LogP contribution in [-0.4, -0.2) is 17.2 Å². The molecule has 0 unspecified atom stereocenters. The number of hydrazone groups is 1. The fourth-order valence-corrected chi connectivity index (χ4v) is 5.43. The van der Waals surface area contributed by atoms with E-state index in [0.29, 0.717) is 17.7 Å². The molecule has 0 saturated heterocycles. The molecule has 1 amide bonds. The lowest BCUT2D eigenvalue weighted by Crippen LogP contribution is -2.43. The predicted molar refractivity (Wildman–Crippen MR) is 154 cm³/mol. The van der Waals surface area contributed by atoms with Crippen molar-refractivity contribution in [2.45, 2.75) is 19.1 Å². The summed E-state index contributed by atoms with van der Waals surface area (Å²) in [6, 6.07) is 29.6. The van der Waals surface area contributed by atoms with Gasteiger partial charge in [0.15, 0.2) is 5.60 Å². The maximum atomic E-state index is 13.2. The minimum atomic E-state index is -1.89. The van der Waals surface area contributed by atoms with Crippen LogP contribution in [0, 0.1) is 10.5 Å². The fraction of sp³-hybridized carbons (Fsp3) is 0.103. The number of carbonyl (C=O) groups is 1. The maximum Gasteiger partial charge on any atom is 0.281 e. The molecule has 0 heterocycles. The number of nitrogens with one attached hydrogen (secondary N) is 1. The SMILES string of the molecule is Cc1ccc(COc2c(Br)cc(/C=N/NC(=O)C(O)(c3ccccc3)c3ccccc3)cc2I)cc1. The zero-order chi connectivity index (χ0) is 25.5. The number of nitrogens with zero attached hydrogens (tertiary/aromatic N) is 1. The van der Waals surface area contributed by atoms with Crippen molar-refractivity contribution in [2.24, 2.45) is 5.10 Å². The molecular weight excluding hydrogens is 631 g/mol. The summed E-state index contributed by atoms with van der Waals surface area (Å²) in [5.41, 5.74) is 4.58. The number of hydrogen-bond donors (Lipinski definition) is 2. The van der Waals surface area contributed by atoms with Crippen molar-refractivity contribution in [1.82, 2.24) is 5.43 Å². The molecule has 2 N–H and O–H groups in total. The Morgan fingerprint density at radius 3 is 2.14 bits per heavy atom. The number of halogens is 2. The summed E-state index contributed by atoms with van der Waals surface area (Å²) in [4.78, 5) is 13.2. The first-order valence-corrected chi connectivity index (χ1v) is 13.1. The van der Waals surface area contributed by atoms with Crippen LogP contribution < -0.4 is 10.2 Å². The van der Waals surface area contributed by atoms with Crippen molar-refractivity contribution < 1.29 is 14.6 Å². The summed E-state index contributed by atoms with van der Waals surface area (Å²) in [5, 5.41) is 15.6. The number of benzene rings is 4. The van der Waals surface area contributed by atoms with Crippen molar-refractivity contribution >= 4 is 50.6 Å². The molecule has 0 spiro atoms. The second-order valence-corrected chi connectivity index (χ2v) is 10.2. The van der Waals surface area contributed by atoms with Gasteiger partial charge in [0.1, 0.15) is 12.4 Å². The molecule has 0 bridgehead atoms. The largest absolute Gasteiger partial charge is 0.487 e. The molecule has 4 rings (SSSR count). The highest BCUT2D eigenvalue weighted by molar-refractivity contribution is 14.1. The van der Waals surface area contributed by atoms with E-state index in [1.807, 2.05) is 36.4 Å². The van der Waals surface area contributed by atoms with Gasteiger partial charge in [0.05, 0.1) is 14.3 Å². The molecular formula is C29H24BrIN2O3. The lowest BCUT2D eigenvalue weighted by atomic mass is 9.85. The van der Waals surface area contributed by atoms with E-state index in [1.165, 1.54) is 11.8 Å². The molecule has 0 saturated carbocycles. The molecule has 4 aromatic rings. The summed E-state index contributed by atoms with van der Waals surface area (Å²) in [5.74, 6) is 0.0860. The van der Waals surface area contributed by atoms with E-state index >= 15 is 0 Å². The summed E-state index contributed by atoms with van der Waals surface area (Å²) < 4.78 is 7.70. The number of aliphatic hydroxyl groups is 1. The topological polar surface area (TPSA) is 70.9 Å². The van der Waals surface area contributed by atoms with Crippen LogP contribution in [0.1, 0.15) is 27.8 Å². The van der Waals surface area contributed by atoms with Crippen LogP contribution in [-0.2, 0) is 17.0 Å².